The molecule has 1 unspecified atom stereocenters. The largest absolute Gasteiger partial charge is 0.436 e. The lowest BCUT2D eigenvalue weighted by Crippen LogP contribution is -2.17. The van der Waals surface area contributed by atoms with Crippen LogP contribution >= 0.6 is 0 Å². The highest BCUT2D eigenvalue weighted by atomic mass is 16.6. The molecule has 0 aromatic heterocycles. The van der Waals surface area contributed by atoms with E-state index >= 15 is 0 Å². The van der Waals surface area contributed by atoms with Crippen molar-refractivity contribution in [1.29, 1.82) is 0 Å². The van der Waals surface area contributed by atoms with Crippen molar-refractivity contribution in [3.8, 4) is 0 Å². The van der Waals surface area contributed by atoms with Crippen LogP contribution in [0.15, 0.2) is 0 Å². The quantitative estimate of drug-likeness (QED) is 0.454. The first-order valence-corrected chi connectivity index (χ1v) is 4.19. The highest BCUT2D eigenvalue weighted by Gasteiger charge is 2.08. The molecular weight excluding hydrogens is 160 g/mol. The summed E-state index contributed by atoms with van der Waals surface area (Å²) in [5.74, 6) is -0.386. The summed E-state index contributed by atoms with van der Waals surface area (Å²) in [6.07, 6.45) is 0.727. The van der Waals surface area contributed by atoms with Crippen molar-refractivity contribution in [2.45, 2.75) is 38.9 Å². The van der Waals surface area contributed by atoms with E-state index in [1.165, 1.54) is 0 Å². The SMILES string of the molecule is CCCC(=O)OC(O)CCCO. The minimum atomic E-state index is -1.06. The fourth-order valence-corrected chi connectivity index (χ4v) is 0.740. The molecule has 0 fully saturated rings. The average Bonchev–Trinajstić information content (AvgIpc) is 2.01. The molecule has 0 radical (unpaired) electrons. The summed E-state index contributed by atoms with van der Waals surface area (Å²) in [5, 5.41) is 17.4. The topological polar surface area (TPSA) is 66.8 Å². The normalized spacial score (nSPS) is 12.6. The number of carbonyl (C=O) groups is 1. The van der Waals surface area contributed by atoms with Crippen molar-refractivity contribution in [2.24, 2.45) is 0 Å². The second-order valence-corrected chi connectivity index (χ2v) is 2.56. The lowest BCUT2D eigenvalue weighted by molar-refractivity contribution is -0.169. The van der Waals surface area contributed by atoms with Gasteiger partial charge < -0.3 is 14.9 Å². The fraction of sp³-hybridized carbons (Fsp3) is 0.875. The Kier molecular flexibility index (Phi) is 6.70. The molecule has 0 aromatic carbocycles. The summed E-state index contributed by atoms with van der Waals surface area (Å²) in [7, 11) is 0. The van der Waals surface area contributed by atoms with E-state index in [1.807, 2.05) is 6.92 Å². The molecule has 0 spiro atoms. The van der Waals surface area contributed by atoms with Crippen molar-refractivity contribution in [3.05, 3.63) is 0 Å². The van der Waals surface area contributed by atoms with E-state index in [2.05, 4.69) is 4.74 Å². The van der Waals surface area contributed by atoms with Crippen molar-refractivity contribution >= 4 is 5.97 Å². The molecule has 0 amide bonds. The Labute approximate surface area is 72.2 Å². The van der Waals surface area contributed by atoms with Gasteiger partial charge in [0.05, 0.1) is 0 Å². The summed E-state index contributed by atoms with van der Waals surface area (Å²) in [4.78, 5) is 10.8. The van der Waals surface area contributed by atoms with Gasteiger partial charge in [0.15, 0.2) is 0 Å². The predicted molar refractivity (Wildman–Crippen MR) is 43.3 cm³/mol. The van der Waals surface area contributed by atoms with E-state index in [-0.39, 0.29) is 12.6 Å². The van der Waals surface area contributed by atoms with E-state index in [0.29, 0.717) is 25.7 Å². The summed E-state index contributed by atoms with van der Waals surface area (Å²) in [5.41, 5.74) is 0. The van der Waals surface area contributed by atoms with Crippen LogP contribution in [0.3, 0.4) is 0 Å². The number of carbonyl (C=O) groups excluding carboxylic acids is 1. The van der Waals surface area contributed by atoms with Crippen LogP contribution in [0.25, 0.3) is 0 Å². The predicted octanol–water partition coefficient (Wildman–Crippen LogP) is 0.421. The van der Waals surface area contributed by atoms with Crippen LogP contribution in [-0.2, 0) is 9.53 Å². The zero-order chi connectivity index (χ0) is 9.40. The Morgan fingerprint density at radius 1 is 1.58 bits per heavy atom. The number of rotatable bonds is 6. The van der Waals surface area contributed by atoms with E-state index in [4.69, 9.17) is 10.2 Å². The van der Waals surface area contributed by atoms with Crippen molar-refractivity contribution in [1.82, 2.24) is 0 Å². The third kappa shape index (κ3) is 6.12. The van der Waals surface area contributed by atoms with Gasteiger partial charge in [-0.1, -0.05) is 6.92 Å². The molecule has 0 saturated heterocycles. The molecular formula is C8H16O4. The van der Waals surface area contributed by atoms with Crippen LogP contribution in [0, 0.1) is 0 Å². The van der Waals surface area contributed by atoms with Gasteiger partial charge in [0.1, 0.15) is 0 Å². The van der Waals surface area contributed by atoms with Crippen molar-refractivity contribution in [2.75, 3.05) is 6.61 Å². The van der Waals surface area contributed by atoms with Gasteiger partial charge in [0.25, 0.3) is 0 Å². The minimum absolute atomic E-state index is 0.00237. The number of esters is 1. The Morgan fingerprint density at radius 2 is 2.25 bits per heavy atom. The summed E-state index contributed by atoms with van der Waals surface area (Å²) in [6, 6.07) is 0. The summed E-state index contributed by atoms with van der Waals surface area (Å²) in [6.45, 7) is 1.86. The second-order valence-electron chi connectivity index (χ2n) is 2.56. The average molecular weight is 176 g/mol. The standard InChI is InChI=1S/C8H16O4/c1-2-4-7(10)12-8(11)5-3-6-9/h8-9,11H,2-6H2,1H3. The van der Waals surface area contributed by atoms with Gasteiger partial charge in [-0.15, -0.1) is 0 Å². The monoisotopic (exact) mass is 176 g/mol. The molecule has 0 heterocycles. The zero-order valence-corrected chi connectivity index (χ0v) is 7.32. The molecule has 0 bridgehead atoms. The molecule has 12 heavy (non-hydrogen) atoms. The fourth-order valence-electron chi connectivity index (χ4n) is 0.740. The maximum absolute atomic E-state index is 10.8. The lowest BCUT2D eigenvalue weighted by Gasteiger charge is -2.10. The number of aliphatic hydroxyl groups is 2. The van der Waals surface area contributed by atoms with Crippen molar-refractivity contribution < 1.29 is 19.7 Å². The van der Waals surface area contributed by atoms with Crippen molar-refractivity contribution in [3.63, 3.8) is 0 Å². The maximum atomic E-state index is 10.8. The minimum Gasteiger partial charge on any atom is -0.436 e. The van der Waals surface area contributed by atoms with E-state index in [0.717, 1.165) is 0 Å². The van der Waals surface area contributed by atoms with Gasteiger partial charge in [-0.3, -0.25) is 4.79 Å². The molecule has 72 valence electrons. The van der Waals surface area contributed by atoms with Gasteiger partial charge in [0.2, 0.25) is 6.29 Å². The zero-order valence-electron chi connectivity index (χ0n) is 7.32. The first-order chi connectivity index (χ1) is 5.70. The number of ether oxygens (including phenoxy) is 1. The van der Waals surface area contributed by atoms with Gasteiger partial charge in [-0.25, -0.2) is 0 Å². The van der Waals surface area contributed by atoms with Crippen LogP contribution in [0.2, 0.25) is 0 Å². The van der Waals surface area contributed by atoms with Crippen LogP contribution < -0.4 is 0 Å². The van der Waals surface area contributed by atoms with Crippen LogP contribution in [-0.4, -0.2) is 29.1 Å². The van der Waals surface area contributed by atoms with Gasteiger partial charge in [-0.05, 0) is 12.8 Å². The molecule has 0 rings (SSSR count). The molecule has 1 atom stereocenters. The molecule has 4 nitrogen and oxygen atoms in total. The first kappa shape index (κ1) is 11.4. The number of aliphatic hydroxyl groups excluding tert-OH is 2. The Morgan fingerprint density at radius 3 is 2.75 bits per heavy atom. The third-order valence-electron chi connectivity index (χ3n) is 1.33. The molecule has 4 heteroatoms. The lowest BCUT2D eigenvalue weighted by atomic mass is 10.3. The first-order valence-electron chi connectivity index (χ1n) is 4.19. The number of hydrogen-bond acceptors (Lipinski definition) is 4. The van der Waals surface area contributed by atoms with Gasteiger partial charge in [-0.2, -0.15) is 0 Å². The third-order valence-corrected chi connectivity index (χ3v) is 1.33. The molecule has 0 aliphatic heterocycles. The Balaban J connectivity index is 3.40. The van der Waals surface area contributed by atoms with Crippen LogP contribution in [0.4, 0.5) is 0 Å². The Hall–Kier alpha value is -0.610. The molecule has 0 aliphatic rings. The number of hydrogen-bond donors (Lipinski definition) is 2. The van der Waals surface area contributed by atoms with E-state index in [1.54, 1.807) is 0 Å². The smallest absolute Gasteiger partial charge is 0.308 e. The summed E-state index contributed by atoms with van der Waals surface area (Å²) < 4.78 is 4.60. The molecule has 0 aromatic rings. The van der Waals surface area contributed by atoms with E-state index < -0.39 is 6.29 Å². The molecule has 0 aliphatic carbocycles. The maximum Gasteiger partial charge on any atom is 0.308 e. The van der Waals surface area contributed by atoms with Crippen LogP contribution in [0.1, 0.15) is 32.6 Å². The van der Waals surface area contributed by atoms with E-state index in [9.17, 15) is 4.79 Å². The molecule has 0 saturated carbocycles. The Bertz CT molecular complexity index is 124. The van der Waals surface area contributed by atoms with Gasteiger partial charge >= 0.3 is 5.97 Å². The highest BCUT2D eigenvalue weighted by molar-refractivity contribution is 5.69. The van der Waals surface area contributed by atoms with Crippen LogP contribution in [0.5, 0.6) is 0 Å². The molecule has 2 N–H and O–H groups in total. The summed E-state index contributed by atoms with van der Waals surface area (Å²) >= 11 is 0. The highest BCUT2D eigenvalue weighted by Crippen LogP contribution is 2.01. The van der Waals surface area contributed by atoms with Gasteiger partial charge in [0, 0.05) is 19.4 Å². The second kappa shape index (κ2) is 7.06.